The Labute approximate surface area is 81.6 Å². The summed E-state index contributed by atoms with van der Waals surface area (Å²) in [5, 5.41) is 0. The van der Waals surface area contributed by atoms with Crippen molar-refractivity contribution in [3.63, 3.8) is 0 Å². The summed E-state index contributed by atoms with van der Waals surface area (Å²) in [6, 6.07) is 0. The summed E-state index contributed by atoms with van der Waals surface area (Å²) in [6.07, 6.45) is 6.26. The molecule has 0 radical (unpaired) electrons. The lowest BCUT2D eigenvalue weighted by Crippen LogP contribution is -2.11. The Kier molecular flexibility index (Phi) is 1.97. The highest BCUT2D eigenvalue weighted by Gasteiger charge is 2.05. The van der Waals surface area contributed by atoms with E-state index in [0.717, 1.165) is 0 Å². The Morgan fingerprint density at radius 1 is 1.54 bits per heavy atom. The zero-order valence-corrected chi connectivity index (χ0v) is 8.02. The molecule has 2 heterocycles. The van der Waals surface area contributed by atoms with Crippen LogP contribution in [0.3, 0.4) is 0 Å². The van der Waals surface area contributed by atoms with Crippen molar-refractivity contribution >= 4 is 15.9 Å². The van der Waals surface area contributed by atoms with Crippen molar-refractivity contribution in [2.75, 3.05) is 0 Å². The average Bonchev–Trinajstić information content (AvgIpc) is 2.62. The molecule has 0 spiro atoms. The molecular formula is C7H5BrN4O. The van der Waals surface area contributed by atoms with E-state index in [9.17, 15) is 4.79 Å². The number of halogens is 1. The van der Waals surface area contributed by atoms with E-state index in [-0.39, 0.29) is 5.56 Å². The van der Waals surface area contributed by atoms with Gasteiger partial charge in [0.15, 0.2) is 5.82 Å². The molecule has 2 aromatic rings. The Bertz CT molecular complexity index is 462. The Morgan fingerprint density at radius 3 is 3.08 bits per heavy atom. The fraction of sp³-hybridized carbons (Fsp3) is 0. The van der Waals surface area contributed by atoms with Crippen molar-refractivity contribution in [3.8, 4) is 5.82 Å². The molecule has 2 rings (SSSR count). The van der Waals surface area contributed by atoms with Crippen LogP contribution in [0.5, 0.6) is 0 Å². The second-order valence-corrected chi connectivity index (χ2v) is 3.13. The fourth-order valence-corrected chi connectivity index (χ4v) is 1.36. The highest BCUT2D eigenvalue weighted by atomic mass is 79.9. The smallest absolute Gasteiger partial charge is 0.267 e. The number of nitrogens with zero attached hydrogens (tertiary/aromatic N) is 3. The van der Waals surface area contributed by atoms with Crippen molar-refractivity contribution in [2.45, 2.75) is 0 Å². The summed E-state index contributed by atoms with van der Waals surface area (Å²) in [7, 11) is 0. The topological polar surface area (TPSA) is 63.6 Å². The second kappa shape index (κ2) is 3.14. The van der Waals surface area contributed by atoms with Gasteiger partial charge in [-0.25, -0.2) is 9.97 Å². The zero-order chi connectivity index (χ0) is 9.26. The first-order valence-corrected chi connectivity index (χ1v) is 4.30. The van der Waals surface area contributed by atoms with Gasteiger partial charge in [-0.1, -0.05) is 0 Å². The van der Waals surface area contributed by atoms with E-state index in [0.29, 0.717) is 10.3 Å². The number of aromatic nitrogens is 4. The van der Waals surface area contributed by atoms with E-state index in [1.54, 1.807) is 23.3 Å². The van der Waals surface area contributed by atoms with Gasteiger partial charge in [0.1, 0.15) is 10.8 Å². The standard InChI is InChI=1S/C7H5BrN4O/c8-5-6(10-3-11-7(5)13)12-2-1-9-4-12/h1-4H,(H,10,11,13). The molecule has 0 bridgehead atoms. The van der Waals surface area contributed by atoms with Gasteiger partial charge in [0.25, 0.3) is 5.56 Å². The van der Waals surface area contributed by atoms with Gasteiger partial charge < -0.3 is 4.98 Å². The molecule has 5 nitrogen and oxygen atoms in total. The third-order valence-electron chi connectivity index (χ3n) is 1.53. The predicted octanol–water partition coefficient (Wildman–Crippen LogP) is 0.718. The molecule has 0 aliphatic heterocycles. The van der Waals surface area contributed by atoms with Gasteiger partial charge in [-0.2, -0.15) is 0 Å². The van der Waals surface area contributed by atoms with Crippen LogP contribution in [0, 0.1) is 0 Å². The van der Waals surface area contributed by atoms with Gasteiger partial charge in [0.2, 0.25) is 0 Å². The van der Waals surface area contributed by atoms with Crippen LogP contribution in [0.25, 0.3) is 5.82 Å². The maximum atomic E-state index is 11.2. The van der Waals surface area contributed by atoms with Crippen molar-refractivity contribution in [1.29, 1.82) is 0 Å². The quantitative estimate of drug-likeness (QED) is 0.799. The van der Waals surface area contributed by atoms with Gasteiger partial charge >= 0.3 is 0 Å². The third kappa shape index (κ3) is 1.40. The largest absolute Gasteiger partial charge is 0.312 e. The molecule has 0 aliphatic carbocycles. The van der Waals surface area contributed by atoms with Crippen LogP contribution in [0.4, 0.5) is 0 Å². The number of rotatable bonds is 1. The van der Waals surface area contributed by atoms with Crippen molar-refractivity contribution in [1.82, 2.24) is 19.5 Å². The van der Waals surface area contributed by atoms with Crippen molar-refractivity contribution in [3.05, 3.63) is 39.9 Å². The molecule has 2 aromatic heterocycles. The minimum Gasteiger partial charge on any atom is -0.312 e. The number of hydrogen-bond donors (Lipinski definition) is 1. The summed E-state index contributed by atoms with van der Waals surface area (Å²) in [6.45, 7) is 0. The minimum absolute atomic E-state index is 0.210. The maximum Gasteiger partial charge on any atom is 0.267 e. The van der Waals surface area contributed by atoms with E-state index in [4.69, 9.17) is 0 Å². The van der Waals surface area contributed by atoms with Gasteiger partial charge in [0.05, 0.1) is 6.33 Å². The second-order valence-electron chi connectivity index (χ2n) is 2.34. The molecule has 13 heavy (non-hydrogen) atoms. The Hall–Kier alpha value is -1.43. The summed E-state index contributed by atoms with van der Waals surface area (Å²) >= 11 is 3.15. The molecule has 0 aliphatic rings. The van der Waals surface area contributed by atoms with E-state index in [1.807, 2.05) is 0 Å². The molecule has 0 aromatic carbocycles. The van der Waals surface area contributed by atoms with Crippen LogP contribution in [-0.4, -0.2) is 19.5 Å². The summed E-state index contributed by atoms with van der Waals surface area (Å²) in [4.78, 5) is 21.5. The summed E-state index contributed by atoms with van der Waals surface area (Å²) in [5.41, 5.74) is -0.210. The minimum atomic E-state index is -0.210. The first kappa shape index (κ1) is 8.18. The summed E-state index contributed by atoms with van der Waals surface area (Å²) in [5.74, 6) is 0.529. The molecule has 1 N–H and O–H groups in total. The van der Waals surface area contributed by atoms with Gasteiger partial charge in [-0.3, -0.25) is 9.36 Å². The molecule has 0 unspecified atom stereocenters. The lowest BCUT2D eigenvalue weighted by Gasteiger charge is -2.00. The number of hydrogen-bond acceptors (Lipinski definition) is 3. The SMILES string of the molecule is O=c1[nH]cnc(-n2ccnc2)c1Br. The Balaban J connectivity index is 2.66. The molecule has 0 saturated heterocycles. The number of nitrogens with one attached hydrogen (secondary N) is 1. The van der Waals surface area contributed by atoms with Crippen LogP contribution < -0.4 is 5.56 Å². The van der Waals surface area contributed by atoms with E-state index >= 15 is 0 Å². The third-order valence-corrected chi connectivity index (χ3v) is 2.24. The van der Waals surface area contributed by atoms with Gasteiger partial charge in [-0.05, 0) is 15.9 Å². The average molecular weight is 241 g/mol. The molecule has 0 atom stereocenters. The molecule has 6 heteroatoms. The van der Waals surface area contributed by atoms with E-state index in [1.165, 1.54) is 6.33 Å². The highest BCUT2D eigenvalue weighted by Crippen LogP contribution is 2.11. The lowest BCUT2D eigenvalue weighted by atomic mass is 10.5. The fourth-order valence-electron chi connectivity index (χ4n) is 0.938. The van der Waals surface area contributed by atoms with E-state index < -0.39 is 0 Å². The van der Waals surface area contributed by atoms with Crippen LogP contribution in [0.2, 0.25) is 0 Å². The number of H-pyrrole nitrogens is 1. The van der Waals surface area contributed by atoms with Gasteiger partial charge in [-0.15, -0.1) is 0 Å². The van der Waals surface area contributed by atoms with Crippen molar-refractivity contribution in [2.24, 2.45) is 0 Å². The number of imidazole rings is 1. The molecular weight excluding hydrogens is 236 g/mol. The van der Waals surface area contributed by atoms with Crippen LogP contribution in [0.1, 0.15) is 0 Å². The molecule has 66 valence electrons. The van der Waals surface area contributed by atoms with Gasteiger partial charge in [0, 0.05) is 12.4 Å². The maximum absolute atomic E-state index is 11.2. The monoisotopic (exact) mass is 240 g/mol. The first-order valence-electron chi connectivity index (χ1n) is 3.50. The molecule has 0 saturated carbocycles. The van der Waals surface area contributed by atoms with Crippen molar-refractivity contribution < 1.29 is 0 Å². The van der Waals surface area contributed by atoms with Crippen LogP contribution in [0.15, 0.2) is 34.3 Å². The first-order chi connectivity index (χ1) is 6.29. The summed E-state index contributed by atoms with van der Waals surface area (Å²) < 4.78 is 2.05. The lowest BCUT2D eigenvalue weighted by molar-refractivity contribution is 0.945. The van der Waals surface area contributed by atoms with E-state index in [2.05, 4.69) is 30.9 Å². The van der Waals surface area contributed by atoms with Crippen LogP contribution in [-0.2, 0) is 0 Å². The zero-order valence-electron chi connectivity index (χ0n) is 6.44. The number of aromatic amines is 1. The van der Waals surface area contributed by atoms with Crippen LogP contribution >= 0.6 is 15.9 Å². The Morgan fingerprint density at radius 2 is 2.38 bits per heavy atom. The normalized spacial score (nSPS) is 10.2. The molecule has 0 fully saturated rings. The predicted molar refractivity (Wildman–Crippen MR) is 49.7 cm³/mol. The molecule has 0 amide bonds. The highest BCUT2D eigenvalue weighted by molar-refractivity contribution is 9.10.